The van der Waals surface area contributed by atoms with Crippen LogP contribution in [0, 0.1) is 11.7 Å². The van der Waals surface area contributed by atoms with Crippen LogP contribution in [-0.4, -0.2) is 62.5 Å². The number of carbonyl (C=O) groups excluding carboxylic acids is 2. The Kier molecular flexibility index (Phi) is 8.63. The molecule has 1 aliphatic carbocycles. The van der Waals surface area contributed by atoms with E-state index in [1.807, 2.05) is 12.1 Å². The van der Waals surface area contributed by atoms with E-state index in [9.17, 15) is 14.0 Å². The van der Waals surface area contributed by atoms with Gasteiger partial charge in [0.05, 0.1) is 17.7 Å². The summed E-state index contributed by atoms with van der Waals surface area (Å²) in [5, 5.41) is 0. The van der Waals surface area contributed by atoms with Crippen molar-refractivity contribution in [3.05, 3.63) is 64.8 Å². The van der Waals surface area contributed by atoms with Gasteiger partial charge in [-0.2, -0.15) is 0 Å². The molecule has 3 heterocycles. The van der Waals surface area contributed by atoms with E-state index < -0.39 is 0 Å². The number of benzene rings is 2. The molecule has 6 rings (SSSR count). The number of Topliss-reactive ketones (excluding diaryl/α,β-unsaturated/α-hetero) is 1. The molecule has 1 saturated heterocycles. The van der Waals surface area contributed by atoms with Gasteiger partial charge in [-0.3, -0.25) is 14.5 Å². The molecule has 3 aliphatic rings. The van der Waals surface area contributed by atoms with E-state index in [1.165, 1.54) is 35.5 Å². The maximum Gasteiger partial charge on any atom is 0.230 e. The SMILES string of the molecule is COc1cc(F)ccc1N1CCN(CC2CCc3cc(-c4ccc(C(C)=O)s4)ccc3N2C(=O)C2CCCCC2)CC1. The zero-order chi connectivity index (χ0) is 29.2. The molecule has 0 N–H and O–H groups in total. The Balaban J connectivity index is 1.21. The Morgan fingerprint density at radius 2 is 1.69 bits per heavy atom. The first-order valence-electron chi connectivity index (χ1n) is 15.3. The molecule has 1 atom stereocenters. The van der Waals surface area contributed by atoms with Gasteiger partial charge in [0.1, 0.15) is 11.6 Å². The number of halogens is 1. The van der Waals surface area contributed by atoms with Crippen molar-refractivity contribution in [3.8, 4) is 16.2 Å². The number of ether oxygens (including phenoxy) is 1. The number of fused-ring (bicyclic) bond motifs is 1. The van der Waals surface area contributed by atoms with Crippen molar-refractivity contribution in [2.75, 3.05) is 49.6 Å². The van der Waals surface area contributed by atoms with E-state index >= 15 is 0 Å². The molecule has 2 aromatic carbocycles. The van der Waals surface area contributed by atoms with Gasteiger partial charge in [-0.05, 0) is 80.1 Å². The third-order valence-corrected chi connectivity index (χ3v) is 10.4. The second-order valence-corrected chi connectivity index (χ2v) is 13.0. The summed E-state index contributed by atoms with van der Waals surface area (Å²) in [4.78, 5) is 34.8. The molecular formula is C34H40FN3O3S. The van der Waals surface area contributed by atoms with Crippen LogP contribution in [0.1, 0.15) is 60.7 Å². The molecule has 1 aromatic heterocycles. The zero-order valence-corrected chi connectivity index (χ0v) is 25.4. The van der Waals surface area contributed by atoms with Gasteiger partial charge >= 0.3 is 0 Å². The number of rotatable bonds is 7. The average Bonchev–Trinajstić information content (AvgIpc) is 3.52. The van der Waals surface area contributed by atoms with E-state index in [-0.39, 0.29) is 29.5 Å². The summed E-state index contributed by atoms with van der Waals surface area (Å²) in [6.07, 6.45) is 7.31. The highest BCUT2D eigenvalue weighted by molar-refractivity contribution is 7.17. The maximum absolute atomic E-state index is 14.2. The van der Waals surface area contributed by atoms with Crippen molar-refractivity contribution in [1.29, 1.82) is 0 Å². The molecular weight excluding hydrogens is 549 g/mol. The Morgan fingerprint density at radius 1 is 0.929 bits per heavy atom. The van der Waals surface area contributed by atoms with Crippen LogP contribution in [0.15, 0.2) is 48.5 Å². The van der Waals surface area contributed by atoms with Crippen molar-refractivity contribution in [1.82, 2.24) is 4.90 Å². The van der Waals surface area contributed by atoms with Crippen molar-refractivity contribution in [2.24, 2.45) is 5.92 Å². The molecule has 222 valence electrons. The fraction of sp³-hybridized carbons (Fsp3) is 0.471. The van der Waals surface area contributed by atoms with Crippen molar-refractivity contribution in [2.45, 2.75) is 57.9 Å². The molecule has 8 heteroatoms. The molecule has 6 nitrogen and oxygen atoms in total. The van der Waals surface area contributed by atoms with Gasteiger partial charge in [-0.1, -0.05) is 25.3 Å². The third-order valence-electron chi connectivity index (χ3n) is 9.20. The Morgan fingerprint density at radius 3 is 2.40 bits per heavy atom. The zero-order valence-electron chi connectivity index (χ0n) is 24.6. The summed E-state index contributed by atoms with van der Waals surface area (Å²) < 4.78 is 19.2. The van der Waals surface area contributed by atoms with Crippen LogP contribution in [0.3, 0.4) is 0 Å². The number of methoxy groups -OCH3 is 1. The number of ketones is 1. The first-order valence-corrected chi connectivity index (χ1v) is 16.1. The fourth-order valence-electron chi connectivity index (χ4n) is 6.90. The van der Waals surface area contributed by atoms with Gasteiger partial charge < -0.3 is 14.5 Å². The lowest BCUT2D eigenvalue weighted by Crippen LogP contribution is -2.55. The van der Waals surface area contributed by atoms with Gasteiger partial charge in [0, 0.05) is 61.3 Å². The molecule has 0 bridgehead atoms. The summed E-state index contributed by atoms with van der Waals surface area (Å²) in [6, 6.07) is 15.3. The van der Waals surface area contributed by atoms with E-state index in [0.29, 0.717) is 5.75 Å². The molecule has 3 aromatic rings. The second kappa shape index (κ2) is 12.6. The molecule has 1 amide bonds. The number of anilines is 2. The fourth-order valence-corrected chi connectivity index (χ4v) is 7.80. The molecule has 2 fully saturated rings. The lowest BCUT2D eigenvalue weighted by Gasteiger charge is -2.44. The first-order chi connectivity index (χ1) is 20.4. The first kappa shape index (κ1) is 28.9. The highest BCUT2D eigenvalue weighted by atomic mass is 32.1. The lowest BCUT2D eigenvalue weighted by molar-refractivity contribution is -0.124. The van der Waals surface area contributed by atoms with Gasteiger partial charge in [0.2, 0.25) is 5.91 Å². The minimum Gasteiger partial charge on any atom is -0.494 e. The highest BCUT2D eigenvalue weighted by Gasteiger charge is 2.36. The molecule has 0 spiro atoms. The van der Waals surface area contributed by atoms with Crippen LogP contribution in [0.25, 0.3) is 10.4 Å². The van der Waals surface area contributed by atoms with Crippen LogP contribution < -0.4 is 14.5 Å². The Hall–Kier alpha value is -3.23. The van der Waals surface area contributed by atoms with Crippen LogP contribution >= 0.6 is 11.3 Å². The highest BCUT2D eigenvalue weighted by Crippen LogP contribution is 2.39. The van der Waals surface area contributed by atoms with Gasteiger partial charge in [0.15, 0.2) is 5.78 Å². The minimum atomic E-state index is -0.294. The van der Waals surface area contributed by atoms with Gasteiger partial charge in [-0.25, -0.2) is 4.39 Å². The van der Waals surface area contributed by atoms with Crippen LogP contribution in [0.4, 0.5) is 15.8 Å². The second-order valence-electron chi connectivity index (χ2n) is 11.9. The number of hydrogen-bond acceptors (Lipinski definition) is 6. The quantitative estimate of drug-likeness (QED) is 0.283. The largest absolute Gasteiger partial charge is 0.494 e. The number of piperazine rings is 1. The van der Waals surface area contributed by atoms with Crippen LogP contribution in [0.5, 0.6) is 5.75 Å². The summed E-state index contributed by atoms with van der Waals surface area (Å²) in [5.74, 6) is 0.756. The lowest BCUT2D eigenvalue weighted by atomic mass is 9.86. The molecule has 0 radical (unpaired) electrons. The normalized spacial score (nSPS) is 19.9. The van der Waals surface area contributed by atoms with E-state index in [4.69, 9.17) is 4.74 Å². The standard InChI is InChI=1S/C34H40FN3O3S/c1-23(39)32-14-15-33(42-32)26-9-12-29-25(20-26)8-11-28(38(29)34(40)24-6-4-3-5-7-24)22-36-16-18-37(19-17-36)30-13-10-27(35)21-31(30)41-2/h9-10,12-15,20-21,24,28H,3-8,11,16-19,22H2,1-2H3. The smallest absolute Gasteiger partial charge is 0.230 e. The van der Waals surface area contributed by atoms with E-state index in [1.54, 1.807) is 20.1 Å². The predicted molar refractivity (Wildman–Crippen MR) is 168 cm³/mol. The van der Waals surface area contributed by atoms with Crippen molar-refractivity contribution < 1.29 is 18.7 Å². The van der Waals surface area contributed by atoms with Crippen LogP contribution in [0.2, 0.25) is 0 Å². The number of nitrogens with zero attached hydrogens (tertiary/aromatic N) is 3. The molecule has 42 heavy (non-hydrogen) atoms. The molecule has 2 aliphatic heterocycles. The topological polar surface area (TPSA) is 53.1 Å². The van der Waals surface area contributed by atoms with Crippen molar-refractivity contribution >= 4 is 34.4 Å². The number of carbonyl (C=O) groups is 2. The predicted octanol–water partition coefficient (Wildman–Crippen LogP) is 6.82. The molecule has 1 unspecified atom stereocenters. The van der Waals surface area contributed by atoms with Gasteiger partial charge in [0.25, 0.3) is 0 Å². The van der Waals surface area contributed by atoms with Crippen molar-refractivity contribution in [3.63, 3.8) is 0 Å². The molecule has 1 saturated carbocycles. The maximum atomic E-state index is 14.2. The number of hydrogen-bond donors (Lipinski definition) is 0. The van der Waals surface area contributed by atoms with Gasteiger partial charge in [-0.15, -0.1) is 11.3 Å². The van der Waals surface area contributed by atoms with E-state index in [2.05, 4.69) is 32.9 Å². The minimum absolute atomic E-state index is 0.0916. The summed E-state index contributed by atoms with van der Waals surface area (Å²) >= 11 is 1.53. The summed E-state index contributed by atoms with van der Waals surface area (Å²) in [6.45, 7) is 5.87. The summed E-state index contributed by atoms with van der Waals surface area (Å²) in [7, 11) is 1.58. The number of thiophene rings is 1. The third kappa shape index (κ3) is 5.97. The number of amides is 1. The van der Waals surface area contributed by atoms with Crippen LogP contribution in [-0.2, 0) is 11.2 Å². The number of aryl methyl sites for hydroxylation is 1. The monoisotopic (exact) mass is 589 g/mol. The Labute approximate surface area is 252 Å². The average molecular weight is 590 g/mol. The Bertz CT molecular complexity index is 1440. The summed E-state index contributed by atoms with van der Waals surface area (Å²) in [5.41, 5.74) is 4.32. The van der Waals surface area contributed by atoms with E-state index in [0.717, 1.165) is 97.9 Å².